The number of carbonyl (C=O) groups excluding carboxylic acids is 1. The normalized spacial score (nSPS) is 16.3. The lowest BCUT2D eigenvalue weighted by molar-refractivity contribution is -0.136. The topological polar surface area (TPSA) is 51.1 Å². The predicted octanol–water partition coefficient (Wildman–Crippen LogP) is 5.06. The van der Waals surface area contributed by atoms with Crippen molar-refractivity contribution in [2.75, 3.05) is 6.61 Å². The second-order valence-corrected chi connectivity index (χ2v) is 7.35. The summed E-state index contributed by atoms with van der Waals surface area (Å²) in [5.41, 5.74) is 2.02. The quantitative estimate of drug-likeness (QED) is 0.696. The predicted molar refractivity (Wildman–Crippen MR) is 106 cm³/mol. The molecule has 2 aromatic carbocycles. The van der Waals surface area contributed by atoms with E-state index in [-0.39, 0.29) is 12.5 Å². The van der Waals surface area contributed by atoms with E-state index < -0.39 is 6.23 Å². The number of hydrogen-bond acceptors (Lipinski definition) is 4. The molecular formula is C20H20Cl2N2O3. The summed E-state index contributed by atoms with van der Waals surface area (Å²) >= 11 is 12.0. The third-order valence-electron chi connectivity index (χ3n) is 4.14. The van der Waals surface area contributed by atoms with E-state index in [1.165, 1.54) is 17.5 Å². The number of hydrazone groups is 1. The van der Waals surface area contributed by atoms with Gasteiger partial charge < -0.3 is 9.47 Å². The molecule has 0 spiro atoms. The summed E-state index contributed by atoms with van der Waals surface area (Å²) in [4.78, 5) is 11.9. The Kier molecular flexibility index (Phi) is 5.92. The Morgan fingerprint density at radius 3 is 2.52 bits per heavy atom. The second kappa shape index (κ2) is 8.19. The van der Waals surface area contributed by atoms with Gasteiger partial charge in [0.05, 0.1) is 5.02 Å². The molecule has 1 amide bonds. The molecule has 0 aromatic heterocycles. The van der Waals surface area contributed by atoms with E-state index in [1.807, 2.05) is 24.3 Å². The Balaban J connectivity index is 1.73. The van der Waals surface area contributed by atoms with Crippen LogP contribution in [0.15, 0.2) is 47.6 Å². The fraction of sp³-hybridized carbons (Fsp3) is 0.300. The van der Waals surface area contributed by atoms with Crippen molar-refractivity contribution < 1.29 is 14.3 Å². The fourth-order valence-electron chi connectivity index (χ4n) is 2.63. The molecule has 0 N–H and O–H groups in total. The highest BCUT2D eigenvalue weighted by molar-refractivity contribution is 6.35. The smallest absolute Gasteiger partial charge is 0.243 e. The standard InChI is InChI=1S/C20H20Cl2N2O3/c1-12(2)14-4-6-15(7-5-14)20-23-24(13(3)25)19(27-20)11-26-18-9-8-16(21)10-17(18)22/h4-10,12,19H,11H2,1-3H3. The van der Waals surface area contributed by atoms with Crippen LogP contribution in [0.4, 0.5) is 0 Å². The highest BCUT2D eigenvalue weighted by atomic mass is 35.5. The van der Waals surface area contributed by atoms with Gasteiger partial charge in [-0.3, -0.25) is 4.79 Å². The maximum absolute atomic E-state index is 11.9. The summed E-state index contributed by atoms with van der Waals surface area (Å²) in [6.45, 7) is 5.77. The Morgan fingerprint density at radius 2 is 1.93 bits per heavy atom. The van der Waals surface area contributed by atoms with Crippen molar-refractivity contribution in [2.45, 2.75) is 32.9 Å². The Hall–Kier alpha value is -2.24. The molecule has 0 bridgehead atoms. The van der Waals surface area contributed by atoms with Gasteiger partial charge >= 0.3 is 0 Å². The molecule has 1 aliphatic heterocycles. The first-order valence-electron chi connectivity index (χ1n) is 8.58. The molecular weight excluding hydrogens is 387 g/mol. The molecule has 142 valence electrons. The van der Waals surface area contributed by atoms with Gasteiger partial charge in [-0.25, -0.2) is 0 Å². The molecule has 0 saturated carbocycles. The number of benzene rings is 2. The molecule has 5 nitrogen and oxygen atoms in total. The molecule has 1 unspecified atom stereocenters. The van der Waals surface area contributed by atoms with E-state index in [9.17, 15) is 4.79 Å². The van der Waals surface area contributed by atoms with Crippen LogP contribution in [-0.2, 0) is 9.53 Å². The van der Waals surface area contributed by atoms with Gasteiger partial charge in [0, 0.05) is 17.5 Å². The minimum Gasteiger partial charge on any atom is -0.486 e. The molecule has 27 heavy (non-hydrogen) atoms. The van der Waals surface area contributed by atoms with Gasteiger partial charge in [-0.05, 0) is 41.8 Å². The number of nitrogens with zero attached hydrogens (tertiary/aromatic N) is 2. The lowest BCUT2D eigenvalue weighted by atomic mass is 10.0. The zero-order valence-corrected chi connectivity index (χ0v) is 16.8. The first-order chi connectivity index (χ1) is 12.8. The molecule has 0 fully saturated rings. The van der Waals surface area contributed by atoms with Crippen molar-refractivity contribution in [1.82, 2.24) is 5.01 Å². The molecule has 1 heterocycles. The van der Waals surface area contributed by atoms with Crippen LogP contribution in [0.2, 0.25) is 10.0 Å². The monoisotopic (exact) mass is 406 g/mol. The van der Waals surface area contributed by atoms with Crippen LogP contribution < -0.4 is 4.74 Å². The molecule has 1 aliphatic rings. The molecule has 1 atom stereocenters. The van der Waals surface area contributed by atoms with Crippen molar-refractivity contribution >= 4 is 35.0 Å². The van der Waals surface area contributed by atoms with Gasteiger partial charge in [-0.15, -0.1) is 5.10 Å². The minimum absolute atomic E-state index is 0.0814. The summed E-state index contributed by atoms with van der Waals surface area (Å²) in [7, 11) is 0. The number of halogens is 2. The van der Waals surface area contributed by atoms with Crippen LogP contribution in [0.5, 0.6) is 5.75 Å². The van der Waals surface area contributed by atoms with E-state index in [2.05, 4.69) is 18.9 Å². The third kappa shape index (κ3) is 4.54. The largest absolute Gasteiger partial charge is 0.486 e. The van der Waals surface area contributed by atoms with E-state index in [1.54, 1.807) is 18.2 Å². The highest BCUT2D eigenvalue weighted by Gasteiger charge is 2.32. The number of ether oxygens (including phenoxy) is 2. The maximum atomic E-state index is 11.9. The summed E-state index contributed by atoms with van der Waals surface area (Å²) < 4.78 is 11.6. The van der Waals surface area contributed by atoms with Crippen LogP contribution in [0, 0.1) is 0 Å². The molecule has 7 heteroatoms. The summed E-state index contributed by atoms with van der Waals surface area (Å²) in [6.07, 6.45) is -0.672. The summed E-state index contributed by atoms with van der Waals surface area (Å²) in [5.74, 6) is 1.04. The van der Waals surface area contributed by atoms with Crippen molar-refractivity contribution in [3.05, 3.63) is 63.6 Å². The van der Waals surface area contributed by atoms with Crippen molar-refractivity contribution in [1.29, 1.82) is 0 Å². The fourth-order valence-corrected chi connectivity index (χ4v) is 3.10. The number of carbonyl (C=O) groups is 1. The van der Waals surface area contributed by atoms with Gasteiger partial charge in [0.25, 0.3) is 0 Å². The Bertz CT molecular complexity index is 866. The van der Waals surface area contributed by atoms with Crippen molar-refractivity contribution in [2.24, 2.45) is 5.10 Å². The minimum atomic E-state index is -0.672. The van der Waals surface area contributed by atoms with E-state index in [4.69, 9.17) is 32.7 Å². The average Bonchev–Trinajstić information content (AvgIpc) is 3.05. The maximum Gasteiger partial charge on any atom is 0.243 e. The van der Waals surface area contributed by atoms with Crippen LogP contribution >= 0.6 is 23.2 Å². The van der Waals surface area contributed by atoms with Crippen molar-refractivity contribution in [3.8, 4) is 5.75 Å². The van der Waals surface area contributed by atoms with E-state index >= 15 is 0 Å². The van der Waals surface area contributed by atoms with Crippen LogP contribution in [0.3, 0.4) is 0 Å². The van der Waals surface area contributed by atoms with Gasteiger partial charge in [0.1, 0.15) is 12.4 Å². The van der Waals surface area contributed by atoms with E-state index in [0.717, 1.165) is 5.56 Å². The number of amides is 1. The highest BCUT2D eigenvalue weighted by Crippen LogP contribution is 2.28. The summed E-state index contributed by atoms with van der Waals surface area (Å²) in [6, 6.07) is 12.9. The lowest BCUT2D eigenvalue weighted by Crippen LogP contribution is -2.36. The zero-order chi connectivity index (χ0) is 19.6. The van der Waals surface area contributed by atoms with Gasteiger partial charge in [0.15, 0.2) is 0 Å². The van der Waals surface area contributed by atoms with Gasteiger partial charge in [-0.2, -0.15) is 5.01 Å². The van der Waals surface area contributed by atoms with Gasteiger partial charge in [-0.1, -0.05) is 49.2 Å². The van der Waals surface area contributed by atoms with Crippen LogP contribution in [0.25, 0.3) is 0 Å². The third-order valence-corrected chi connectivity index (χ3v) is 4.67. The lowest BCUT2D eigenvalue weighted by Gasteiger charge is -2.19. The van der Waals surface area contributed by atoms with Crippen LogP contribution in [0.1, 0.15) is 37.8 Å². The SMILES string of the molecule is CC(=O)N1N=C(c2ccc(C(C)C)cc2)OC1COc1ccc(Cl)cc1Cl. The average molecular weight is 407 g/mol. The molecule has 0 radical (unpaired) electrons. The van der Waals surface area contributed by atoms with E-state index in [0.29, 0.717) is 27.6 Å². The van der Waals surface area contributed by atoms with Crippen LogP contribution in [-0.4, -0.2) is 29.6 Å². The van der Waals surface area contributed by atoms with Crippen molar-refractivity contribution in [3.63, 3.8) is 0 Å². The first-order valence-corrected chi connectivity index (χ1v) is 9.34. The molecule has 0 aliphatic carbocycles. The first kappa shape index (κ1) is 19.5. The number of hydrogen-bond donors (Lipinski definition) is 0. The zero-order valence-electron chi connectivity index (χ0n) is 15.3. The van der Waals surface area contributed by atoms with Gasteiger partial charge in [0.2, 0.25) is 18.0 Å². The summed E-state index contributed by atoms with van der Waals surface area (Å²) in [5, 5.41) is 6.49. The molecule has 0 saturated heterocycles. The molecule has 3 rings (SSSR count). The molecule has 2 aromatic rings. The Labute approximate surface area is 168 Å². The second-order valence-electron chi connectivity index (χ2n) is 6.50. The number of rotatable bonds is 5. The Morgan fingerprint density at radius 1 is 1.22 bits per heavy atom.